The van der Waals surface area contributed by atoms with E-state index in [1.807, 2.05) is 0 Å². The van der Waals surface area contributed by atoms with Crippen molar-refractivity contribution in [2.24, 2.45) is 29.6 Å². The molecule has 0 aromatic rings. The van der Waals surface area contributed by atoms with E-state index in [9.17, 15) is 9.90 Å². The fraction of sp³-hybridized carbons (Fsp3) is 0.912. The molecule has 0 radical (unpaired) electrons. The Morgan fingerprint density at radius 3 is 2.53 bits per heavy atom. The van der Waals surface area contributed by atoms with Crippen LogP contribution in [-0.2, 0) is 4.74 Å². The van der Waals surface area contributed by atoms with Gasteiger partial charge in [0.2, 0.25) is 0 Å². The number of ether oxygens (including phenoxy) is 1. The van der Waals surface area contributed by atoms with E-state index >= 15 is 8.78 Å². The van der Waals surface area contributed by atoms with Gasteiger partial charge in [0.25, 0.3) is 0 Å². The third kappa shape index (κ3) is 6.19. The van der Waals surface area contributed by atoms with Crippen molar-refractivity contribution in [3.63, 3.8) is 0 Å². The van der Waals surface area contributed by atoms with Crippen LogP contribution in [0.3, 0.4) is 0 Å². The van der Waals surface area contributed by atoms with E-state index < -0.39 is 30.6 Å². The van der Waals surface area contributed by atoms with Crippen LogP contribution in [0.2, 0.25) is 0 Å². The number of halogens is 2. The molecule has 1 aliphatic carbocycles. The van der Waals surface area contributed by atoms with E-state index in [1.165, 1.54) is 0 Å². The lowest BCUT2D eigenvalue weighted by atomic mass is 9.69. The number of piperazine rings is 1. The standard InChI is InChI=1S/C34H58F2N6O3/c1-7-26(43)40-16-21(6)41(17-20(40)5)32-23-15-19(4)29-27-24(35)10-11-25(36)31(27)45-14-8-9-22-12-13-37-28(18(2)3)30(22)42(33(23)38-29)34(44)39-32/h7,18-33,37-38,43H,1,8-17H2,2-6H3,(H,39,44)/t19?,20-,21+,22?,23?,24?,25?,26?,27?,28?,29?,30?,31?,32?,33?/m1/s1. The summed E-state index contributed by atoms with van der Waals surface area (Å²) in [6.45, 7) is 17.3. The van der Waals surface area contributed by atoms with Gasteiger partial charge in [-0.2, -0.15) is 0 Å². The fourth-order valence-electron chi connectivity index (χ4n) is 10.1. The predicted octanol–water partition coefficient (Wildman–Crippen LogP) is 3.44. The first kappa shape index (κ1) is 33.5. The number of aliphatic hydroxyl groups is 1. The smallest absolute Gasteiger partial charge is 0.320 e. The van der Waals surface area contributed by atoms with Crippen LogP contribution in [0.5, 0.6) is 0 Å². The maximum Gasteiger partial charge on any atom is 0.320 e. The second-order valence-electron chi connectivity index (χ2n) is 15.5. The number of nitrogens with one attached hydrogen (secondary N) is 3. The van der Waals surface area contributed by atoms with E-state index in [0.717, 1.165) is 32.2 Å². The number of urea groups is 1. The van der Waals surface area contributed by atoms with Gasteiger partial charge in [0, 0.05) is 55.7 Å². The highest BCUT2D eigenvalue weighted by Gasteiger charge is 2.57. The molecule has 5 aliphatic heterocycles. The highest BCUT2D eigenvalue weighted by Crippen LogP contribution is 2.45. The molecule has 9 nitrogen and oxygen atoms in total. The number of alkyl halides is 2. The first-order valence-electron chi connectivity index (χ1n) is 17.8. The summed E-state index contributed by atoms with van der Waals surface area (Å²) in [4.78, 5) is 21.1. The van der Waals surface area contributed by atoms with Crippen LogP contribution in [0.25, 0.3) is 0 Å². The molecule has 4 N–H and O–H groups in total. The molecule has 5 heterocycles. The molecular formula is C34H58F2N6O3. The minimum Gasteiger partial charge on any atom is -0.375 e. The number of aliphatic hydroxyl groups excluding tert-OH is 1. The third-order valence-electron chi connectivity index (χ3n) is 12.3. The summed E-state index contributed by atoms with van der Waals surface area (Å²) >= 11 is 0. The summed E-state index contributed by atoms with van der Waals surface area (Å²) in [6, 6.07) is -0.132. The van der Waals surface area contributed by atoms with Gasteiger partial charge in [-0.25, -0.2) is 13.6 Å². The summed E-state index contributed by atoms with van der Waals surface area (Å²) in [5.74, 6) is 0.105. The zero-order valence-corrected chi connectivity index (χ0v) is 28.0. The first-order valence-corrected chi connectivity index (χ1v) is 17.8. The minimum absolute atomic E-state index is 0.0265. The van der Waals surface area contributed by atoms with E-state index in [0.29, 0.717) is 25.6 Å². The SMILES string of the molecule is C=CC(O)N1C[C@H](C)N(C2NC(=O)N3C4NC(C(C)CC42)C2C(F)CCC(F)C2OCCCC2CCNC(C(C)C)C23)C[C@H]1C. The topological polar surface area (TPSA) is 92.3 Å². The Morgan fingerprint density at radius 1 is 1.04 bits per heavy atom. The van der Waals surface area contributed by atoms with Crippen molar-refractivity contribution in [2.45, 2.75) is 140 Å². The van der Waals surface area contributed by atoms with Gasteiger partial charge in [0.1, 0.15) is 18.6 Å². The molecule has 2 bridgehead atoms. The van der Waals surface area contributed by atoms with Crippen molar-refractivity contribution in [3.8, 4) is 0 Å². The zero-order chi connectivity index (χ0) is 32.2. The van der Waals surface area contributed by atoms with E-state index in [1.54, 1.807) is 6.08 Å². The quantitative estimate of drug-likeness (QED) is 0.352. The van der Waals surface area contributed by atoms with Crippen molar-refractivity contribution in [1.82, 2.24) is 30.7 Å². The number of amides is 2. The molecule has 45 heavy (non-hydrogen) atoms. The van der Waals surface area contributed by atoms with Crippen LogP contribution < -0.4 is 16.0 Å². The fourth-order valence-corrected chi connectivity index (χ4v) is 10.1. The second-order valence-corrected chi connectivity index (χ2v) is 15.5. The largest absolute Gasteiger partial charge is 0.375 e. The predicted molar refractivity (Wildman–Crippen MR) is 171 cm³/mol. The Labute approximate surface area is 268 Å². The molecule has 0 spiro atoms. The van der Waals surface area contributed by atoms with Gasteiger partial charge in [-0.05, 0) is 82.7 Å². The molecule has 13 unspecified atom stereocenters. The van der Waals surface area contributed by atoms with E-state index in [2.05, 4.69) is 71.8 Å². The summed E-state index contributed by atoms with van der Waals surface area (Å²) in [7, 11) is 0. The van der Waals surface area contributed by atoms with Gasteiger partial charge in [-0.3, -0.25) is 15.1 Å². The van der Waals surface area contributed by atoms with E-state index in [-0.39, 0.29) is 79.2 Å². The molecule has 1 saturated carbocycles. The average molecular weight is 637 g/mol. The average Bonchev–Trinajstić information content (AvgIpc) is 3.00. The number of hydrogen-bond acceptors (Lipinski definition) is 7. The van der Waals surface area contributed by atoms with Crippen molar-refractivity contribution in [3.05, 3.63) is 12.7 Å². The van der Waals surface area contributed by atoms with E-state index in [4.69, 9.17) is 4.74 Å². The van der Waals surface area contributed by atoms with Crippen molar-refractivity contribution in [2.75, 3.05) is 26.2 Å². The van der Waals surface area contributed by atoms with Crippen LogP contribution in [0.4, 0.5) is 13.6 Å². The Balaban J connectivity index is 1.39. The van der Waals surface area contributed by atoms with Crippen molar-refractivity contribution in [1.29, 1.82) is 0 Å². The number of carbonyl (C=O) groups excluding carboxylic acids is 1. The monoisotopic (exact) mass is 636 g/mol. The second kappa shape index (κ2) is 13.6. The Kier molecular flexibility index (Phi) is 10.2. The molecule has 0 aromatic carbocycles. The summed E-state index contributed by atoms with van der Waals surface area (Å²) in [5.41, 5.74) is 0. The lowest BCUT2D eigenvalue weighted by molar-refractivity contribution is -0.137. The number of hydrogen-bond donors (Lipinski definition) is 4. The Hall–Kier alpha value is -1.37. The normalized spacial score (nSPS) is 47.5. The lowest BCUT2D eigenvalue weighted by Crippen LogP contribution is -2.80. The van der Waals surface area contributed by atoms with Crippen molar-refractivity contribution >= 4 is 6.03 Å². The van der Waals surface area contributed by atoms with Crippen LogP contribution in [0.15, 0.2) is 12.7 Å². The first-order chi connectivity index (χ1) is 21.5. The zero-order valence-electron chi connectivity index (χ0n) is 28.0. The Morgan fingerprint density at radius 2 is 1.80 bits per heavy atom. The molecule has 0 aromatic heterocycles. The highest BCUT2D eigenvalue weighted by molar-refractivity contribution is 5.76. The van der Waals surface area contributed by atoms with Gasteiger partial charge in [-0.15, -0.1) is 0 Å². The number of rotatable bonds is 4. The molecule has 2 amide bonds. The van der Waals surface area contributed by atoms with Gasteiger partial charge in [0.05, 0.1) is 24.5 Å². The van der Waals surface area contributed by atoms with Gasteiger partial charge in [0.15, 0.2) is 0 Å². The maximum absolute atomic E-state index is 15.9. The van der Waals surface area contributed by atoms with Crippen LogP contribution in [0.1, 0.15) is 73.1 Å². The molecule has 256 valence electrons. The van der Waals surface area contributed by atoms with Gasteiger partial charge >= 0.3 is 6.03 Å². The van der Waals surface area contributed by atoms with Gasteiger partial charge < -0.3 is 25.4 Å². The molecule has 11 heteroatoms. The van der Waals surface area contributed by atoms with Crippen LogP contribution in [0, 0.1) is 29.6 Å². The summed E-state index contributed by atoms with van der Waals surface area (Å²) < 4.78 is 37.8. The molecule has 5 saturated heterocycles. The van der Waals surface area contributed by atoms with Crippen LogP contribution in [-0.4, -0.2) is 119 Å². The number of nitrogens with zero attached hydrogens (tertiary/aromatic N) is 3. The lowest BCUT2D eigenvalue weighted by Gasteiger charge is -2.61. The van der Waals surface area contributed by atoms with Crippen molar-refractivity contribution < 1.29 is 23.4 Å². The number of fused-ring (bicyclic) bond motifs is 5. The number of piperidine rings is 2. The maximum atomic E-state index is 15.9. The minimum atomic E-state index is -1.18. The molecule has 6 aliphatic rings. The van der Waals surface area contributed by atoms with Gasteiger partial charge in [-0.1, -0.05) is 27.4 Å². The Bertz CT molecular complexity index is 1060. The third-order valence-corrected chi connectivity index (χ3v) is 12.3. The molecule has 15 atom stereocenters. The molecular weight excluding hydrogens is 578 g/mol. The highest BCUT2D eigenvalue weighted by atomic mass is 19.1. The van der Waals surface area contributed by atoms with Crippen LogP contribution >= 0.6 is 0 Å². The summed E-state index contributed by atoms with van der Waals surface area (Å²) in [5, 5.41) is 21.8. The molecule has 6 fully saturated rings. The number of carbonyl (C=O) groups is 1. The molecule has 6 rings (SSSR count). The summed E-state index contributed by atoms with van der Waals surface area (Å²) in [6.07, 6.45) is 1.01.